The lowest BCUT2D eigenvalue weighted by Gasteiger charge is -1.96. The fourth-order valence-electron chi connectivity index (χ4n) is 0.887. The average molecular weight is 135 g/mol. The van der Waals surface area contributed by atoms with Crippen LogP contribution in [0.25, 0.3) is 0 Å². The number of nitriles is 1. The summed E-state index contributed by atoms with van der Waals surface area (Å²) in [5.41, 5.74) is 1.05. The van der Waals surface area contributed by atoms with Crippen LogP contribution in [0.3, 0.4) is 0 Å². The standard InChI is InChI=1S/C8H9NO/c1-6-3-4-10-8(6)7(2)5-9/h3-4,7H,1-2H3. The van der Waals surface area contributed by atoms with Gasteiger partial charge in [0, 0.05) is 0 Å². The second kappa shape index (κ2) is 2.57. The van der Waals surface area contributed by atoms with E-state index >= 15 is 0 Å². The number of furan rings is 1. The lowest BCUT2D eigenvalue weighted by atomic mass is 10.1. The molecule has 0 fully saturated rings. The zero-order valence-corrected chi connectivity index (χ0v) is 6.09. The van der Waals surface area contributed by atoms with Gasteiger partial charge < -0.3 is 4.42 Å². The summed E-state index contributed by atoms with van der Waals surface area (Å²) in [6, 6.07) is 3.98. The van der Waals surface area contributed by atoms with E-state index in [-0.39, 0.29) is 5.92 Å². The Bertz CT molecular complexity index is 256. The maximum absolute atomic E-state index is 8.52. The highest BCUT2D eigenvalue weighted by Crippen LogP contribution is 2.18. The minimum absolute atomic E-state index is 0.130. The summed E-state index contributed by atoms with van der Waals surface area (Å²) >= 11 is 0. The molecule has 52 valence electrons. The van der Waals surface area contributed by atoms with Crippen molar-refractivity contribution in [3.8, 4) is 6.07 Å². The largest absolute Gasteiger partial charge is 0.468 e. The number of hydrogen-bond acceptors (Lipinski definition) is 2. The lowest BCUT2D eigenvalue weighted by molar-refractivity contribution is 0.499. The topological polar surface area (TPSA) is 36.9 Å². The lowest BCUT2D eigenvalue weighted by Crippen LogP contribution is -1.87. The van der Waals surface area contributed by atoms with Crippen molar-refractivity contribution in [1.29, 1.82) is 5.26 Å². The SMILES string of the molecule is Cc1ccoc1C(C)C#N. The van der Waals surface area contributed by atoms with Gasteiger partial charge in [-0.1, -0.05) is 0 Å². The zero-order chi connectivity index (χ0) is 7.56. The van der Waals surface area contributed by atoms with Crippen molar-refractivity contribution in [3.05, 3.63) is 23.7 Å². The van der Waals surface area contributed by atoms with Crippen LogP contribution in [-0.2, 0) is 0 Å². The van der Waals surface area contributed by atoms with Gasteiger partial charge in [0.25, 0.3) is 0 Å². The van der Waals surface area contributed by atoms with Gasteiger partial charge in [0.15, 0.2) is 0 Å². The minimum atomic E-state index is -0.130. The van der Waals surface area contributed by atoms with Crippen LogP contribution < -0.4 is 0 Å². The monoisotopic (exact) mass is 135 g/mol. The van der Waals surface area contributed by atoms with Gasteiger partial charge in [0.05, 0.1) is 12.3 Å². The molecular weight excluding hydrogens is 126 g/mol. The summed E-state index contributed by atoms with van der Waals surface area (Å²) in [4.78, 5) is 0. The molecule has 0 bridgehead atoms. The Labute approximate surface area is 60.1 Å². The molecule has 2 nitrogen and oxygen atoms in total. The molecule has 2 heteroatoms. The van der Waals surface area contributed by atoms with Crippen molar-refractivity contribution in [2.45, 2.75) is 19.8 Å². The Morgan fingerprint density at radius 1 is 1.70 bits per heavy atom. The Balaban J connectivity index is 2.96. The third kappa shape index (κ3) is 1.03. The average Bonchev–Trinajstić information content (AvgIpc) is 2.34. The van der Waals surface area contributed by atoms with Crippen LogP contribution in [0.1, 0.15) is 24.2 Å². The van der Waals surface area contributed by atoms with Crippen molar-refractivity contribution in [1.82, 2.24) is 0 Å². The fraction of sp³-hybridized carbons (Fsp3) is 0.375. The molecule has 1 unspecified atom stereocenters. The first-order valence-electron chi connectivity index (χ1n) is 3.19. The van der Waals surface area contributed by atoms with Crippen molar-refractivity contribution < 1.29 is 4.42 Å². The van der Waals surface area contributed by atoms with E-state index in [1.807, 2.05) is 19.9 Å². The second-order valence-electron chi connectivity index (χ2n) is 2.32. The van der Waals surface area contributed by atoms with E-state index in [4.69, 9.17) is 9.68 Å². The Kier molecular flexibility index (Phi) is 1.77. The summed E-state index contributed by atoms with van der Waals surface area (Å²) < 4.78 is 5.09. The van der Waals surface area contributed by atoms with Crippen molar-refractivity contribution in [3.63, 3.8) is 0 Å². The molecule has 0 radical (unpaired) electrons. The molecule has 0 N–H and O–H groups in total. The van der Waals surface area contributed by atoms with E-state index in [0.717, 1.165) is 11.3 Å². The third-order valence-corrected chi connectivity index (χ3v) is 1.49. The third-order valence-electron chi connectivity index (χ3n) is 1.49. The molecule has 1 atom stereocenters. The van der Waals surface area contributed by atoms with Gasteiger partial charge in [0.2, 0.25) is 0 Å². The Hall–Kier alpha value is -1.23. The number of hydrogen-bond donors (Lipinski definition) is 0. The van der Waals surface area contributed by atoms with Crippen molar-refractivity contribution in [2.75, 3.05) is 0 Å². The Morgan fingerprint density at radius 3 is 2.80 bits per heavy atom. The predicted octanol–water partition coefficient (Wildman–Crippen LogP) is 2.22. The quantitative estimate of drug-likeness (QED) is 0.592. The molecule has 1 aromatic heterocycles. The number of rotatable bonds is 1. The molecule has 0 saturated heterocycles. The first-order chi connectivity index (χ1) is 4.75. The molecule has 0 aliphatic heterocycles. The first kappa shape index (κ1) is 6.88. The van der Waals surface area contributed by atoms with E-state index in [2.05, 4.69) is 6.07 Å². The summed E-state index contributed by atoms with van der Waals surface area (Å²) in [5.74, 6) is 0.650. The molecule has 0 aliphatic rings. The summed E-state index contributed by atoms with van der Waals surface area (Å²) in [7, 11) is 0. The van der Waals surface area contributed by atoms with Crippen LogP contribution in [0.5, 0.6) is 0 Å². The number of nitrogens with zero attached hydrogens (tertiary/aromatic N) is 1. The Morgan fingerprint density at radius 2 is 2.40 bits per heavy atom. The predicted molar refractivity (Wildman–Crippen MR) is 37.5 cm³/mol. The summed E-state index contributed by atoms with van der Waals surface area (Å²) in [5, 5.41) is 8.52. The first-order valence-corrected chi connectivity index (χ1v) is 3.19. The van der Waals surface area contributed by atoms with Crippen LogP contribution in [0.2, 0.25) is 0 Å². The van der Waals surface area contributed by atoms with Gasteiger partial charge in [-0.2, -0.15) is 5.26 Å². The molecule has 10 heavy (non-hydrogen) atoms. The van der Waals surface area contributed by atoms with E-state index in [1.54, 1.807) is 6.26 Å². The van der Waals surface area contributed by atoms with Crippen LogP contribution in [0.4, 0.5) is 0 Å². The molecular formula is C8H9NO. The minimum Gasteiger partial charge on any atom is -0.468 e. The molecule has 0 saturated carbocycles. The van der Waals surface area contributed by atoms with E-state index in [1.165, 1.54) is 0 Å². The van der Waals surface area contributed by atoms with Crippen LogP contribution in [0, 0.1) is 18.3 Å². The molecule has 1 heterocycles. The van der Waals surface area contributed by atoms with E-state index in [9.17, 15) is 0 Å². The maximum atomic E-state index is 8.52. The van der Waals surface area contributed by atoms with Gasteiger partial charge in [-0.25, -0.2) is 0 Å². The molecule has 0 aliphatic carbocycles. The smallest absolute Gasteiger partial charge is 0.123 e. The summed E-state index contributed by atoms with van der Waals surface area (Å²) in [6.45, 7) is 3.76. The van der Waals surface area contributed by atoms with Gasteiger partial charge >= 0.3 is 0 Å². The highest BCUT2D eigenvalue weighted by Gasteiger charge is 2.09. The highest BCUT2D eigenvalue weighted by atomic mass is 16.3. The molecule has 0 amide bonds. The van der Waals surface area contributed by atoms with Gasteiger partial charge in [0.1, 0.15) is 11.7 Å². The second-order valence-corrected chi connectivity index (χ2v) is 2.32. The van der Waals surface area contributed by atoms with E-state index in [0.29, 0.717) is 0 Å². The van der Waals surface area contributed by atoms with Crippen LogP contribution in [-0.4, -0.2) is 0 Å². The normalized spacial score (nSPS) is 12.5. The van der Waals surface area contributed by atoms with E-state index < -0.39 is 0 Å². The maximum Gasteiger partial charge on any atom is 0.123 e. The van der Waals surface area contributed by atoms with Gasteiger partial charge in [-0.3, -0.25) is 0 Å². The number of aryl methyl sites for hydroxylation is 1. The summed E-state index contributed by atoms with van der Waals surface area (Å²) in [6.07, 6.45) is 1.61. The fourth-order valence-corrected chi connectivity index (χ4v) is 0.887. The van der Waals surface area contributed by atoms with Crippen molar-refractivity contribution >= 4 is 0 Å². The molecule has 1 rings (SSSR count). The molecule has 1 aromatic rings. The van der Waals surface area contributed by atoms with Gasteiger partial charge in [-0.15, -0.1) is 0 Å². The zero-order valence-electron chi connectivity index (χ0n) is 6.09. The van der Waals surface area contributed by atoms with Gasteiger partial charge in [-0.05, 0) is 25.5 Å². The molecule has 0 spiro atoms. The van der Waals surface area contributed by atoms with Crippen molar-refractivity contribution in [2.24, 2.45) is 0 Å². The molecule has 0 aromatic carbocycles. The highest BCUT2D eigenvalue weighted by molar-refractivity contribution is 5.22. The van der Waals surface area contributed by atoms with Crippen LogP contribution >= 0.6 is 0 Å². The van der Waals surface area contributed by atoms with Crippen LogP contribution in [0.15, 0.2) is 16.7 Å².